The molecule has 0 aliphatic carbocycles. The van der Waals surface area contributed by atoms with Crippen LogP contribution in [0.3, 0.4) is 0 Å². The maximum atomic E-state index is 12.1. The second-order valence-corrected chi connectivity index (χ2v) is 7.48. The standard InChI is InChI=1S/C12H25O6P/c1-9(6-15-11(3)10(2)13)18-19(14)16-7-12(4,5)8-17-19/h9-11,13H,6-8H2,1-5H3. The van der Waals surface area contributed by atoms with Gasteiger partial charge in [0.25, 0.3) is 0 Å². The molecule has 1 N–H and O–H groups in total. The van der Waals surface area contributed by atoms with Crippen molar-refractivity contribution in [2.75, 3.05) is 19.8 Å². The van der Waals surface area contributed by atoms with Gasteiger partial charge >= 0.3 is 7.82 Å². The zero-order valence-electron chi connectivity index (χ0n) is 12.3. The molecular formula is C12H25O6P. The molecular weight excluding hydrogens is 271 g/mol. The topological polar surface area (TPSA) is 74.2 Å². The summed E-state index contributed by atoms with van der Waals surface area (Å²) in [6.45, 7) is 9.95. The van der Waals surface area contributed by atoms with Crippen LogP contribution in [0.2, 0.25) is 0 Å². The van der Waals surface area contributed by atoms with Gasteiger partial charge in [0.2, 0.25) is 0 Å². The number of aliphatic hydroxyl groups is 1. The maximum Gasteiger partial charge on any atom is 0.475 e. The van der Waals surface area contributed by atoms with E-state index in [2.05, 4.69) is 0 Å². The molecule has 0 spiro atoms. The van der Waals surface area contributed by atoms with Crippen LogP contribution in [0.4, 0.5) is 0 Å². The lowest BCUT2D eigenvalue weighted by Gasteiger charge is -2.34. The van der Waals surface area contributed by atoms with Gasteiger partial charge in [-0.2, -0.15) is 0 Å². The molecule has 1 heterocycles. The third-order valence-corrected chi connectivity index (χ3v) is 4.32. The molecule has 0 amide bonds. The summed E-state index contributed by atoms with van der Waals surface area (Å²) in [5.74, 6) is 0. The van der Waals surface area contributed by atoms with E-state index in [-0.39, 0.29) is 18.1 Å². The highest BCUT2D eigenvalue weighted by molar-refractivity contribution is 7.48. The summed E-state index contributed by atoms with van der Waals surface area (Å²) in [6.07, 6.45) is -1.31. The summed E-state index contributed by atoms with van der Waals surface area (Å²) >= 11 is 0. The lowest BCUT2D eigenvalue weighted by Crippen LogP contribution is -2.32. The predicted molar refractivity (Wildman–Crippen MR) is 70.9 cm³/mol. The van der Waals surface area contributed by atoms with Crippen molar-refractivity contribution in [2.45, 2.75) is 52.9 Å². The van der Waals surface area contributed by atoms with Gasteiger partial charge in [-0.1, -0.05) is 13.8 Å². The highest BCUT2D eigenvalue weighted by Gasteiger charge is 2.39. The summed E-state index contributed by atoms with van der Waals surface area (Å²) < 4.78 is 33.3. The van der Waals surface area contributed by atoms with Crippen molar-refractivity contribution in [1.82, 2.24) is 0 Å². The van der Waals surface area contributed by atoms with Crippen LogP contribution in [0, 0.1) is 5.41 Å². The van der Waals surface area contributed by atoms with E-state index >= 15 is 0 Å². The van der Waals surface area contributed by atoms with Crippen molar-refractivity contribution in [3.8, 4) is 0 Å². The number of phosphoric ester groups is 1. The minimum Gasteiger partial charge on any atom is -0.391 e. The van der Waals surface area contributed by atoms with Gasteiger partial charge in [0.15, 0.2) is 0 Å². The Hall–Kier alpha value is 0.0300. The van der Waals surface area contributed by atoms with Crippen molar-refractivity contribution in [1.29, 1.82) is 0 Å². The number of phosphoric acid groups is 1. The van der Waals surface area contributed by atoms with E-state index in [0.717, 1.165) is 0 Å². The molecule has 0 aromatic heterocycles. The Morgan fingerprint density at radius 1 is 1.26 bits per heavy atom. The Kier molecular flexibility index (Phi) is 5.98. The van der Waals surface area contributed by atoms with Gasteiger partial charge in [0.1, 0.15) is 0 Å². The highest BCUT2D eigenvalue weighted by atomic mass is 31.2. The van der Waals surface area contributed by atoms with Crippen LogP contribution in [-0.4, -0.2) is 43.2 Å². The SMILES string of the molecule is CC(COC(C)C(C)O)OP1(=O)OCC(C)(C)CO1. The third kappa shape index (κ3) is 5.90. The fourth-order valence-corrected chi connectivity index (χ4v) is 3.04. The van der Waals surface area contributed by atoms with E-state index in [0.29, 0.717) is 13.2 Å². The Labute approximate surface area is 115 Å². The van der Waals surface area contributed by atoms with Crippen molar-refractivity contribution in [3.63, 3.8) is 0 Å². The Balaban J connectivity index is 2.36. The minimum absolute atomic E-state index is 0.155. The van der Waals surface area contributed by atoms with Gasteiger partial charge in [-0.15, -0.1) is 0 Å². The van der Waals surface area contributed by atoms with E-state index in [1.54, 1.807) is 20.8 Å². The van der Waals surface area contributed by atoms with Crippen LogP contribution in [-0.2, 0) is 22.9 Å². The molecule has 1 aliphatic heterocycles. The molecule has 7 heteroatoms. The molecule has 1 rings (SSSR count). The van der Waals surface area contributed by atoms with Gasteiger partial charge < -0.3 is 9.84 Å². The average Bonchev–Trinajstić information content (AvgIpc) is 2.30. The van der Waals surface area contributed by atoms with E-state index < -0.39 is 20.0 Å². The minimum atomic E-state index is -3.48. The first-order chi connectivity index (χ1) is 8.64. The summed E-state index contributed by atoms with van der Waals surface area (Å²) in [5.41, 5.74) is -0.155. The molecule has 6 nitrogen and oxygen atoms in total. The monoisotopic (exact) mass is 296 g/mol. The van der Waals surface area contributed by atoms with Gasteiger partial charge in [-0.3, -0.25) is 13.6 Å². The lowest BCUT2D eigenvalue weighted by molar-refractivity contribution is -0.0600. The first-order valence-electron chi connectivity index (χ1n) is 6.51. The first-order valence-corrected chi connectivity index (χ1v) is 7.97. The second kappa shape index (κ2) is 6.66. The molecule has 0 bridgehead atoms. The Morgan fingerprint density at radius 3 is 2.26 bits per heavy atom. The average molecular weight is 296 g/mol. The van der Waals surface area contributed by atoms with Gasteiger partial charge in [-0.05, 0) is 20.8 Å². The summed E-state index contributed by atoms with van der Waals surface area (Å²) in [7, 11) is -3.48. The number of hydrogen-bond donors (Lipinski definition) is 1. The molecule has 114 valence electrons. The molecule has 1 fully saturated rings. The largest absolute Gasteiger partial charge is 0.475 e. The van der Waals surface area contributed by atoms with E-state index in [4.69, 9.17) is 18.3 Å². The first kappa shape index (κ1) is 17.1. The highest BCUT2D eigenvalue weighted by Crippen LogP contribution is 2.55. The molecule has 0 saturated carbocycles. The summed E-state index contributed by atoms with van der Waals surface area (Å²) in [6, 6.07) is 0. The molecule has 0 aromatic carbocycles. The predicted octanol–water partition coefficient (Wildman–Crippen LogP) is 2.36. The van der Waals surface area contributed by atoms with Crippen LogP contribution < -0.4 is 0 Å². The fourth-order valence-electron chi connectivity index (χ4n) is 1.32. The summed E-state index contributed by atoms with van der Waals surface area (Å²) in [5, 5.41) is 9.29. The maximum absolute atomic E-state index is 12.1. The number of ether oxygens (including phenoxy) is 1. The molecule has 19 heavy (non-hydrogen) atoms. The van der Waals surface area contributed by atoms with E-state index in [9.17, 15) is 9.67 Å². The van der Waals surface area contributed by atoms with E-state index in [1.165, 1.54) is 0 Å². The molecule has 3 unspecified atom stereocenters. The van der Waals surface area contributed by atoms with Crippen molar-refractivity contribution >= 4 is 7.82 Å². The van der Waals surface area contributed by atoms with Gasteiger partial charge in [0, 0.05) is 5.41 Å². The zero-order valence-corrected chi connectivity index (χ0v) is 13.2. The Morgan fingerprint density at radius 2 is 1.79 bits per heavy atom. The van der Waals surface area contributed by atoms with Crippen molar-refractivity contribution in [2.24, 2.45) is 5.41 Å². The molecule has 0 aromatic rings. The van der Waals surface area contributed by atoms with Crippen LogP contribution in [0.15, 0.2) is 0 Å². The molecule has 3 atom stereocenters. The zero-order chi connectivity index (χ0) is 14.7. The normalized spacial score (nSPS) is 26.6. The quantitative estimate of drug-likeness (QED) is 0.758. The molecule has 1 aliphatic rings. The van der Waals surface area contributed by atoms with Gasteiger partial charge in [-0.25, -0.2) is 4.57 Å². The number of rotatable bonds is 6. The third-order valence-electron chi connectivity index (χ3n) is 2.81. The number of hydrogen-bond acceptors (Lipinski definition) is 6. The van der Waals surface area contributed by atoms with Crippen LogP contribution in [0.25, 0.3) is 0 Å². The van der Waals surface area contributed by atoms with Crippen LogP contribution in [0.5, 0.6) is 0 Å². The second-order valence-electron chi connectivity index (χ2n) is 5.85. The lowest BCUT2D eigenvalue weighted by atomic mass is 9.97. The summed E-state index contributed by atoms with van der Waals surface area (Å²) in [4.78, 5) is 0. The van der Waals surface area contributed by atoms with Crippen LogP contribution in [0.1, 0.15) is 34.6 Å². The van der Waals surface area contributed by atoms with Crippen LogP contribution >= 0.6 is 7.82 Å². The number of aliphatic hydroxyl groups excluding tert-OH is 1. The fraction of sp³-hybridized carbons (Fsp3) is 1.00. The van der Waals surface area contributed by atoms with Crippen molar-refractivity contribution < 1.29 is 28.0 Å². The van der Waals surface area contributed by atoms with Crippen molar-refractivity contribution in [3.05, 3.63) is 0 Å². The Bertz CT molecular complexity index is 316. The molecule has 0 radical (unpaired) electrons. The smallest absolute Gasteiger partial charge is 0.391 e. The molecule has 1 saturated heterocycles. The van der Waals surface area contributed by atoms with E-state index in [1.807, 2.05) is 13.8 Å². The van der Waals surface area contributed by atoms with Gasteiger partial charge in [0.05, 0.1) is 38.1 Å².